The Morgan fingerprint density at radius 3 is 2.62 bits per heavy atom. The third kappa shape index (κ3) is 2.76. The summed E-state index contributed by atoms with van der Waals surface area (Å²) in [5.74, 6) is 0.959. The number of hydrogen-bond acceptors (Lipinski definition) is 6. The first-order valence-electron chi connectivity index (χ1n) is 8.00. The summed E-state index contributed by atoms with van der Waals surface area (Å²) in [5.41, 5.74) is 1.88. The van der Waals surface area contributed by atoms with Gasteiger partial charge in [0.25, 0.3) is 0 Å². The van der Waals surface area contributed by atoms with Gasteiger partial charge in [0, 0.05) is 43.0 Å². The van der Waals surface area contributed by atoms with E-state index in [1.165, 1.54) is 0 Å². The van der Waals surface area contributed by atoms with E-state index in [2.05, 4.69) is 31.9 Å². The lowest BCUT2D eigenvalue weighted by Crippen LogP contribution is -2.44. The van der Waals surface area contributed by atoms with Crippen LogP contribution < -0.4 is 9.63 Å². The molecule has 0 aliphatic carbocycles. The fourth-order valence-electron chi connectivity index (χ4n) is 2.99. The highest BCUT2D eigenvalue weighted by Crippen LogP contribution is 2.23. The molecule has 1 aliphatic rings. The normalized spacial score (nSPS) is 16.0. The smallest absolute Gasteiger partial charge is 0.222 e. The van der Waals surface area contributed by atoms with Crippen molar-refractivity contribution in [2.24, 2.45) is 0 Å². The molecule has 0 amide bonds. The molecule has 0 saturated carbocycles. The number of rotatable bonds is 3. The van der Waals surface area contributed by atoms with Gasteiger partial charge >= 0.3 is 0 Å². The van der Waals surface area contributed by atoms with Crippen LogP contribution in [0.5, 0.6) is 0 Å². The van der Waals surface area contributed by atoms with Crippen molar-refractivity contribution in [3.63, 3.8) is 0 Å². The van der Waals surface area contributed by atoms with E-state index >= 15 is 0 Å². The van der Waals surface area contributed by atoms with Crippen molar-refractivity contribution in [2.75, 3.05) is 38.1 Å². The lowest BCUT2D eigenvalue weighted by atomic mass is 10.2. The van der Waals surface area contributed by atoms with E-state index in [1.54, 1.807) is 18.7 Å². The number of nitrogens with zero attached hydrogens (tertiary/aromatic N) is 7. The van der Waals surface area contributed by atoms with Gasteiger partial charge in [-0.3, -0.25) is 5.21 Å². The van der Waals surface area contributed by atoms with E-state index in [0.29, 0.717) is 6.54 Å². The predicted octanol–water partition coefficient (Wildman–Crippen LogP) is 0.151. The monoisotopic (exact) mass is 326 g/mol. The first kappa shape index (κ1) is 14.8. The van der Waals surface area contributed by atoms with Gasteiger partial charge in [0.05, 0.1) is 18.1 Å². The van der Waals surface area contributed by atoms with Gasteiger partial charge in [-0.15, -0.1) is 0 Å². The Kier molecular flexibility index (Phi) is 3.73. The van der Waals surface area contributed by atoms with Crippen LogP contribution in [0.3, 0.4) is 0 Å². The molecule has 8 nitrogen and oxygen atoms in total. The molecule has 0 radical (unpaired) electrons. The third-order valence-corrected chi connectivity index (χ3v) is 4.43. The van der Waals surface area contributed by atoms with Crippen molar-refractivity contribution in [3.8, 4) is 0 Å². The molecule has 24 heavy (non-hydrogen) atoms. The van der Waals surface area contributed by atoms with Gasteiger partial charge in [-0.2, -0.15) is 5.10 Å². The summed E-state index contributed by atoms with van der Waals surface area (Å²) < 4.78 is 2.89. The summed E-state index contributed by atoms with van der Waals surface area (Å²) in [6.07, 6.45) is 6.66. The van der Waals surface area contributed by atoms with Crippen molar-refractivity contribution in [1.29, 1.82) is 0 Å². The van der Waals surface area contributed by atoms with Crippen molar-refractivity contribution in [3.05, 3.63) is 42.6 Å². The summed E-state index contributed by atoms with van der Waals surface area (Å²) in [6.45, 7) is 4.59. The molecule has 4 heterocycles. The van der Waals surface area contributed by atoms with Gasteiger partial charge < -0.3 is 9.80 Å². The molecular formula is C16H20N7O+. The number of aromatic nitrogens is 5. The predicted molar refractivity (Wildman–Crippen MR) is 88.0 cm³/mol. The molecule has 1 N–H and O–H groups in total. The molecule has 8 heteroatoms. The number of likely N-dealkylation sites (N-methyl/N-ethyl adjacent to an activating group) is 1. The average Bonchev–Trinajstić information content (AvgIpc) is 3.01. The van der Waals surface area contributed by atoms with E-state index in [1.807, 2.05) is 23.0 Å². The molecule has 0 atom stereocenters. The zero-order valence-corrected chi connectivity index (χ0v) is 13.6. The van der Waals surface area contributed by atoms with Gasteiger partial charge in [0.1, 0.15) is 12.1 Å². The van der Waals surface area contributed by atoms with E-state index in [9.17, 15) is 5.21 Å². The molecule has 3 aromatic heterocycles. The lowest BCUT2D eigenvalue weighted by Gasteiger charge is -2.33. The Morgan fingerprint density at radius 2 is 1.88 bits per heavy atom. The molecule has 124 valence electrons. The summed E-state index contributed by atoms with van der Waals surface area (Å²) >= 11 is 0. The highest BCUT2D eigenvalue weighted by molar-refractivity contribution is 5.86. The highest BCUT2D eigenvalue weighted by atomic mass is 16.5. The van der Waals surface area contributed by atoms with Crippen LogP contribution in [0.4, 0.5) is 5.82 Å². The summed E-state index contributed by atoms with van der Waals surface area (Å²) in [4.78, 5) is 13.5. The second kappa shape index (κ2) is 6.04. The highest BCUT2D eigenvalue weighted by Gasteiger charge is 2.19. The first-order valence-corrected chi connectivity index (χ1v) is 8.00. The third-order valence-electron chi connectivity index (χ3n) is 4.43. The van der Waals surface area contributed by atoms with Crippen molar-refractivity contribution >= 4 is 16.9 Å². The van der Waals surface area contributed by atoms with E-state index < -0.39 is 0 Å². The molecule has 0 aromatic carbocycles. The number of piperazine rings is 1. The van der Waals surface area contributed by atoms with E-state index in [-0.39, 0.29) is 0 Å². The number of pyridine rings is 1. The van der Waals surface area contributed by atoms with Crippen LogP contribution in [0.25, 0.3) is 11.0 Å². The minimum atomic E-state index is 0.601. The van der Waals surface area contributed by atoms with Crippen LogP contribution in [0.2, 0.25) is 0 Å². The quantitative estimate of drug-likeness (QED) is 0.546. The van der Waals surface area contributed by atoms with Crippen molar-refractivity contribution in [2.45, 2.75) is 6.54 Å². The fraction of sp³-hybridized carbons (Fsp3) is 0.375. The summed E-state index contributed by atoms with van der Waals surface area (Å²) in [5, 5.41) is 14.8. The standard InChI is InChI=1S/C16H20N7O/c1-20-6-8-21(9-7-20)15-14-10-19-23(16(14)18-12-17-15)11-13-2-4-22(24)5-3-13/h2-5,10,12,24H,6-9,11H2,1H3/q+1. The van der Waals surface area contributed by atoms with Crippen LogP contribution in [-0.2, 0) is 6.54 Å². The minimum absolute atomic E-state index is 0.601. The van der Waals surface area contributed by atoms with Gasteiger partial charge in [-0.1, -0.05) is 0 Å². The molecule has 0 bridgehead atoms. The van der Waals surface area contributed by atoms with Crippen LogP contribution in [0.1, 0.15) is 5.56 Å². The molecule has 0 unspecified atom stereocenters. The Balaban J connectivity index is 1.65. The molecule has 1 aliphatic heterocycles. The van der Waals surface area contributed by atoms with E-state index in [4.69, 9.17) is 0 Å². The molecule has 1 fully saturated rings. The first-order chi connectivity index (χ1) is 11.7. The van der Waals surface area contributed by atoms with Crippen molar-refractivity contribution in [1.82, 2.24) is 24.6 Å². The molecule has 0 spiro atoms. The molecular weight excluding hydrogens is 306 g/mol. The van der Waals surface area contributed by atoms with Crippen LogP contribution >= 0.6 is 0 Å². The second-order valence-electron chi connectivity index (χ2n) is 6.11. The molecule has 1 saturated heterocycles. The average molecular weight is 326 g/mol. The minimum Gasteiger partial charge on any atom is -0.353 e. The number of anilines is 1. The maximum atomic E-state index is 9.32. The fourth-order valence-corrected chi connectivity index (χ4v) is 2.99. The maximum Gasteiger partial charge on any atom is 0.222 e. The second-order valence-corrected chi connectivity index (χ2v) is 6.11. The Labute approximate surface area is 139 Å². The van der Waals surface area contributed by atoms with E-state index in [0.717, 1.165) is 53.3 Å². The Morgan fingerprint density at radius 1 is 1.12 bits per heavy atom. The van der Waals surface area contributed by atoms with Crippen LogP contribution in [0.15, 0.2) is 37.1 Å². The molecule has 4 rings (SSSR count). The summed E-state index contributed by atoms with van der Waals surface area (Å²) in [6, 6.07) is 3.71. The van der Waals surface area contributed by atoms with Gasteiger partial charge in [0.15, 0.2) is 5.65 Å². The van der Waals surface area contributed by atoms with Gasteiger partial charge in [0.2, 0.25) is 12.4 Å². The molecule has 3 aromatic rings. The van der Waals surface area contributed by atoms with Crippen molar-refractivity contribution < 1.29 is 9.94 Å². The zero-order valence-electron chi connectivity index (χ0n) is 13.6. The summed E-state index contributed by atoms with van der Waals surface area (Å²) in [7, 11) is 2.14. The lowest BCUT2D eigenvalue weighted by molar-refractivity contribution is -0.904. The SMILES string of the molecule is CN1CCN(c2ncnc3c2cnn3Cc2cc[n+](O)cc2)CC1. The van der Waals surface area contributed by atoms with Gasteiger partial charge in [-0.05, 0) is 12.6 Å². The number of fused-ring (bicyclic) bond motifs is 1. The maximum absolute atomic E-state index is 9.32. The largest absolute Gasteiger partial charge is 0.353 e. The zero-order chi connectivity index (χ0) is 16.5. The Bertz CT molecular complexity index is 837. The van der Waals surface area contributed by atoms with Crippen LogP contribution in [-0.4, -0.2) is 63.1 Å². The topological polar surface area (TPSA) is 74.2 Å². The van der Waals surface area contributed by atoms with Crippen LogP contribution in [0, 0.1) is 0 Å². The van der Waals surface area contributed by atoms with Gasteiger partial charge in [-0.25, -0.2) is 14.6 Å². The number of hydrogen-bond donors (Lipinski definition) is 1. The Hall–Kier alpha value is -2.74.